The molecule has 1 heterocycles. The van der Waals surface area contributed by atoms with Crippen molar-refractivity contribution < 1.29 is 17.9 Å². The maximum atomic E-state index is 11.5. The maximum Gasteiger partial charge on any atom is 0.221 e. The predicted molar refractivity (Wildman–Crippen MR) is 64.0 cm³/mol. The summed E-state index contributed by atoms with van der Waals surface area (Å²) in [5.41, 5.74) is 0. The molecule has 0 aromatic rings. The number of carbonyl (C=O) groups is 1. The molecule has 0 bridgehead atoms. The van der Waals surface area contributed by atoms with E-state index in [1.165, 1.54) is 0 Å². The van der Waals surface area contributed by atoms with Gasteiger partial charge in [-0.1, -0.05) is 0 Å². The van der Waals surface area contributed by atoms with E-state index in [1.807, 2.05) is 6.92 Å². The molecule has 2 unspecified atom stereocenters. The molecule has 100 valence electrons. The van der Waals surface area contributed by atoms with E-state index in [9.17, 15) is 13.2 Å². The molecule has 0 aliphatic carbocycles. The summed E-state index contributed by atoms with van der Waals surface area (Å²) >= 11 is 0. The zero-order chi connectivity index (χ0) is 12.9. The van der Waals surface area contributed by atoms with E-state index in [2.05, 4.69) is 10.0 Å². The van der Waals surface area contributed by atoms with Gasteiger partial charge in [-0.25, -0.2) is 13.1 Å². The molecule has 7 heteroatoms. The topological polar surface area (TPSA) is 84.5 Å². The minimum absolute atomic E-state index is 0.0248. The summed E-state index contributed by atoms with van der Waals surface area (Å²) in [5.74, 6) is -0.163. The number of hydrogen-bond donors (Lipinski definition) is 2. The monoisotopic (exact) mass is 264 g/mol. The van der Waals surface area contributed by atoms with Gasteiger partial charge < -0.3 is 10.1 Å². The Morgan fingerprint density at radius 2 is 2.24 bits per heavy atom. The van der Waals surface area contributed by atoms with Crippen molar-refractivity contribution >= 4 is 15.9 Å². The first kappa shape index (κ1) is 14.4. The van der Waals surface area contributed by atoms with Gasteiger partial charge in [0.2, 0.25) is 15.9 Å². The Hall–Kier alpha value is -0.660. The van der Waals surface area contributed by atoms with Crippen LogP contribution in [0.2, 0.25) is 0 Å². The summed E-state index contributed by atoms with van der Waals surface area (Å²) in [4.78, 5) is 11.5. The minimum atomic E-state index is -3.22. The summed E-state index contributed by atoms with van der Waals surface area (Å²) in [5, 5.41) is 2.81. The fourth-order valence-electron chi connectivity index (χ4n) is 1.77. The average molecular weight is 264 g/mol. The second kappa shape index (κ2) is 6.32. The SMILES string of the molecule is CC(NC(=O)CCNS(C)(=O)=O)C1CCCO1. The van der Waals surface area contributed by atoms with Crippen LogP contribution in [0.1, 0.15) is 26.2 Å². The summed E-state index contributed by atoms with van der Waals surface area (Å²) < 4.78 is 29.3. The lowest BCUT2D eigenvalue weighted by Gasteiger charge is -2.19. The van der Waals surface area contributed by atoms with E-state index in [0.29, 0.717) is 0 Å². The number of sulfonamides is 1. The number of amides is 1. The van der Waals surface area contributed by atoms with Gasteiger partial charge in [0.05, 0.1) is 18.4 Å². The summed E-state index contributed by atoms with van der Waals surface area (Å²) in [7, 11) is -3.22. The number of nitrogens with one attached hydrogen (secondary N) is 2. The fourth-order valence-corrected chi connectivity index (χ4v) is 2.24. The van der Waals surface area contributed by atoms with Gasteiger partial charge in [0.1, 0.15) is 0 Å². The van der Waals surface area contributed by atoms with Crippen molar-refractivity contribution in [2.75, 3.05) is 19.4 Å². The zero-order valence-corrected chi connectivity index (χ0v) is 11.0. The molecule has 17 heavy (non-hydrogen) atoms. The lowest BCUT2D eigenvalue weighted by Crippen LogP contribution is -2.41. The Morgan fingerprint density at radius 1 is 1.53 bits per heavy atom. The summed E-state index contributed by atoms with van der Waals surface area (Å²) in [6.45, 7) is 2.78. The smallest absolute Gasteiger partial charge is 0.221 e. The predicted octanol–water partition coefficient (Wildman–Crippen LogP) is -0.391. The molecular formula is C10H20N2O4S. The fraction of sp³-hybridized carbons (Fsp3) is 0.900. The molecule has 0 spiro atoms. The molecule has 2 N–H and O–H groups in total. The first-order chi connectivity index (χ1) is 7.88. The van der Waals surface area contributed by atoms with Crippen LogP contribution in [0.3, 0.4) is 0 Å². The molecule has 0 aromatic carbocycles. The third-order valence-electron chi connectivity index (χ3n) is 2.63. The van der Waals surface area contributed by atoms with Crippen molar-refractivity contribution in [2.45, 2.75) is 38.3 Å². The van der Waals surface area contributed by atoms with Gasteiger partial charge in [-0.2, -0.15) is 0 Å². The highest BCUT2D eigenvalue weighted by atomic mass is 32.2. The average Bonchev–Trinajstić information content (AvgIpc) is 2.67. The third kappa shape index (κ3) is 5.99. The van der Waals surface area contributed by atoms with Crippen LogP contribution in [0.5, 0.6) is 0 Å². The highest BCUT2D eigenvalue weighted by Gasteiger charge is 2.23. The number of ether oxygens (including phenoxy) is 1. The molecule has 1 saturated heterocycles. The maximum absolute atomic E-state index is 11.5. The van der Waals surface area contributed by atoms with Crippen LogP contribution < -0.4 is 10.0 Å². The molecule has 1 fully saturated rings. The van der Waals surface area contributed by atoms with Gasteiger partial charge in [0, 0.05) is 19.6 Å². The van der Waals surface area contributed by atoms with Crippen LogP contribution in [0.25, 0.3) is 0 Å². The second-order valence-corrected chi connectivity index (χ2v) is 6.16. The standard InChI is InChI=1S/C10H20N2O4S/c1-8(9-4-3-7-16-9)12-10(13)5-6-11-17(2,14)15/h8-9,11H,3-7H2,1-2H3,(H,12,13). The van der Waals surface area contributed by atoms with E-state index in [-0.39, 0.29) is 31.0 Å². The van der Waals surface area contributed by atoms with Crippen molar-refractivity contribution in [3.8, 4) is 0 Å². The van der Waals surface area contributed by atoms with E-state index in [4.69, 9.17) is 4.74 Å². The zero-order valence-electron chi connectivity index (χ0n) is 10.2. The lowest BCUT2D eigenvalue weighted by molar-refractivity contribution is -0.122. The molecule has 1 amide bonds. The normalized spacial score (nSPS) is 22.4. The Labute approximate surface area is 102 Å². The van der Waals surface area contributed by atoms with Crippen LogP contribution in [0.4, 0.5) is 0 Å². The van der Waals surface area contributed by atoms with Crippen molar-refractivity contribution in [1.29, 1.82) is 0 Å². The van der Waals surface area contributed by atoms with Crippen LogP contribution in [-0.2, 0) is 19.6 Å². The van der Waals surface area contributed by atoms with E-state index < -0.39 is 10.0 Å². The molecule has 2 atom stereocenters. The largest absolute Gasteiger partial charge is 0.376 e. The number of hydrogen-bond acceptors (Lipinski definition) is 4. The first-order valence-corrected chi connectivity index (χ1v) is 7.63. The molecular weight excluding hydrogens is 244 g/mol. The van der Waals surface area contributed by atoms with Gasteiger partial charge in [-0.3, -0.25) is 4.79 Å². The van der Waals surface area contributed by atoms with E-state index in [0.717, 1.165) is 25.7 Å². The van der Waals surface area contributed by atoms with Gasteiger partial charge in [0.15, 0.2) is 0 Å². The molecule has 1 aliphatic rings. The van der Waals surface area contributed by atoms with Crippen LogP contribution in [0.15, 0.2) is 0 Å². The first-order valence-electron chi connectivity index (χ1n) is 5.74. The summed E-state index contributed by atoms with van der Waals surface area (Å²) in [6, 6.07) is -0.0248. The molecule has 6 nitrogen and oxygen atoms in total. The summed E-state index contributed by atoms with van der Waals surface area (Å²) in [6.07, 6.45) is 3.29. The minimum Gasteiger partial charge on any atom is -0.376 e. The Morgan fingerprint density at radius 3 is 2.76 bits per heavy atom. The number of carbonyl (C=O) groups excluding carboxylic acids is 1. The molecule has 0 saturated carbocycles. The molecule has 0 aromatic heterocycles. The highest BCUT2D eigenvalue weighted by Crippen LogP contribution is 2.15. The van der Waals surface area contributed by atoms with E-state index >= 15 is 0 Å². The van der Waals surface area contributed by atoms with Crippen LogP contribution in [0, 0.1) is 0 Å². The Balaban J connectivity index is 2.20. The molecule has 1 aliphatic heterocycles. The second-order valence-electron chi connectivity index (χ2n) is 4.32. The van der Waals surface area contributed by atoms with Crippen molar-refractivity contribution in [3.05, 3.63) is 0 Å². The Kier molecular flexibility index (Phi) is 5.35. The molecule has 1 rings (SSSR count). The molecule has 0 radical (unpaired) electrons. The van der Waals surface area contributed by atoms with Gasteiger partial charge >= 0.3 is 0 Å². The quantitative estimate of drug-likeness (QED) is 0.684. The number of rotatable bonds is 6. The van der Waals surface area contributed by atoms with Crippen molar-refractivity contribution in [1.82, 2.24) is 10.0 Å². The van der Waals surface area contributed by atoms with Crippen molar-refractivity contribution in [2.24, 2.45) is 0 Å². The third-order valence-corrected chi connectivity index (χ3v) is 3.36. The Bertz CT molecular complexity index is 349. The van der Waals surface area contributed by atoms with Gasteiger partial charge in [-0.05, 0) is 19.8 Å². The van der Waals surface area contributed by atoms with Crippen LogP contribution in [-0.4, -0.2) is 45.9 Å². The van der Waals surface area contributed by atoms with Crippen LogP contribution >= 0.6 is 0 Å². The highest BCUT2D eigenvalue weighted by molar-refractivity contribution is 7.88. The van der Waals surface area contributed by atoms with Gasteiger partial charge in [0.25, 0.3) is 0 Å². The van der Waals surface area contributed by atoms with Crippen molar-refractivity contribution in [3.63, 3.8) is 0 Å². The lowest BCUT2D eigenvalue weighted by atomic mass is 10.1. The van der Waals surface area contributed by atoms with Gasteiger partial charge in [-0.15, -0.1) is 0 Å². The van der Waals surface area contributed by atoms with E-state index in [1.54, 1.807) is 0 Å².